The second-order valence-corrected chi connectivity index (χ2v) is 50.3. The van der Waals surface area contributed by atoms with Gasteiger partial charge >= 0.3 is 0 Å². The summed E-state index contributed by atoms with van der Waals surface area (Å²) in [6.07, 6.45) is 0. The highest BCUT2D eigenvalue weighted by atomic mass is 15.0. The molecule has 0 saturated heterocycles. The normalized spacial score (nSPS) is 17.3. The maximum atomic E-state index is 2.54. The number of nitrogens with zero attached hydrogens (tertiary/aromatic N) is 6. The number of rotatable bonds is 7. The molecule has 0 aliphatic heterocycles. The molecule has 0 atom stereocenters. The van der Waals surface area contributed by atoms with Crippen LogP contribution in [0.5, 0.6) is 0 Å². The molecule has 0 bridgehead atoms. The SMILES string of the molecule is CC1(C)c2ccccc2-c2cc3c4cc(-n5c6ccccc6c6c7c(ccc65)C(C)(C)C(C)(C)C7(C)C)ccc4n(-c4ccccc4)c3cc21.CC1(C)c2ccccc2-c2cc3c4cc(-n5c6ccccc6c6cc7c(cc65)C(C)(C)C(C)(C)C7(C)C)ccc4n(-c4ccccc4)c3cc21.Cc1cc(C)cc(-n2c3ccc(-c4ccc5c(c4)c4ccccc4n5-c4ccccc4)cc3c3cc4c(cc32)C(C)(C)C(C)(C)C4(C)C)c1. The molecule has 24 aromatic rings. The van der Waals surface area contributed by atoms with Crippen LogP contribution in [0, 0.1) is 30.1 Å². The maximum Gasteiger partial charge on any atom is 0.0544 e. The summed E-state index contributed by atoms with van der Waals surface area (Å²) in [7, 11) is 0. The maximum absolute atomic E-state index is 2.54. The lowest BCUT2D eigenvalue weighted by atomic mass is 9.59. The molecule has 6 heteroatoms. The van der Waals surface area contributed by atoms with Gasteiger partial charge in [-0.3, -0.25) is 0 Å². The fourth-order valence-corrected chi connectivity index (χ4v) is 29.2. The number of benzene rings is 18. The summed E-state index contributed by atoms with van der Waals surface area (Å²) in [4.78, 5) is 0. The number of aromatic nitrogens is 6. The van der Waals surface area contributed by atoms with Crippen LogP contribution in [0.25, 0.3) is 198 Å². The predicted octanol–water partition coefficient (Wildman–Crippen LogP) is 38.3. The molecule has 734 valence electrons. The van der Waals surface area contributed by atoms with Crippen molar-refractivity contribution in [3.63, 3.8) is 0 Å². The van der Waals surface area contributed by atoms with E-state index < -0.39 is 0 Å². The van der Waals surface area contributed by atoms with Gasteiger partial charge < -0.3 is 27.4 Å². The Hall–Kier alpha value is -15.2. The molecule has 6 nitrogen and oxygen atoms in total. The van der Waals surface area contributed by atoms with Crippen molar-refractivity contribution in [1.82, 2.24) is 27.4 Å². The van der Waals surface area contributed by atoms with E-state index in [0.29, 0.717) is 0 Å². The van der Waals surface area contributed by atoms with Crippen molar-refractivity contribution < 1.29 is 0 Å². The van der Waals surface area contributed by atoms with Gasteiger partial charge in [0.15, 0.2) is 0 Å². The van der Waals surface area contributed by atoms with Crippen molar-refractivity contribution in [2.24, 2.45) is 16.2 Å². The third-order valence-corrected chi connectivity index (χ3v) is 40.9. The Bertz CT molecular complexity index is 9670. The Balaban J connectivity index is 0.000000110. The lowest BCUT2D eigenvalue weighted by Gasteiger charge is -2.44. The van der Waals surface area contributed by atoms with Gasteiger partial charge in [-0.2, -0.15) is 0 Å². The van der Waals surface area contributed by atoms with Gasteiger partial charge in [0, 0.05) is 110 Å². The van der Waals surface area contributed by atoms with E-state index in [1.165, 1.54) is 265 Å². The Kier molecular flexibility index (Phi) is 19.2. The molecule has 18 aromatic carbocycles. The van der Waals surface area contributed by atoms with Crippen LogP contribution < -0.4 is 0 Å². The Labute approximate surface area is 876 Å². The first-order valence-corrected chi connectivity index (χ1v) is 54.1. The molecule has 0 unspecified atom stereocenters. The number of para-hydroxylation sites is 6. The van der Waals surface area contributed by atoms with E-state index in [1.807, 2.05) is 0 Å². The van der Waals surface area contributed by atoms with Crippen LogP contribution in [-0.4, -0.2) is 27.4 Å². The van der Waals surface area contributed by atoms with E-state index in [2.05, 4.69) is 558 Å². The largest absolute Gasteiger partial charge is 0.309 e. The first-order valence-electron chi connectivity index (χ1n) is 54.1. The van der Waals surface area contributed by atoms with Gasteiger partial charge in [0.05, 0.1) is 66.2 Å². The van der Waals surface area contributed by atoms with E-state index in [9.17, 15) is 0 Å². The van der Waals surface area contributed by atoms with Crippen LogP contribution in [-0.2, 0) is 43.3 Å². The third-order valence-electron chi connectivity index (χ3n) is 40.9. The fraction of sp³-hybridized carbons (Fsp3) is 0.245. The van der Waals surface area contributed by atoms with E-state index in [1.54, 1.807) is 0 Å². The molecule has 6 heterocycles. The molecule has 5 aliphatic carbocycles. The van der Waals surface area contributed by atoms with Crippen LogP contribution in [0.15, 0.2) is 364 Å². The van der Waals surface area contributed by atoms with Crippen LogP contribution in [0.3, 0.4) is 0 Å². The average molecular weight is 1930 g/mol. The van der Waals surface area contributed by atoms with Gasteiger partial charge in [-0.25, -0.2) is 0 Å². The number of hydrogen-bond donors (Lipinski definition) is 0. The standard InChI is InChI=1S/2C48H44N2.C47H44N2/c1-45(2)36-20-14-12-18-31(36)33-27-35-34-26-30(22-24-40(34)49(42(35)28-38(33)45)29-16-10-9-11-17-29)50-39-21-15-13-19-32(39)43-41(50)25-23-37-44(43)47(5,6)48(7,8)46(37,3)4;1-45(2)37-20-14-12-18-31(37)33-25-35-34-24-30(22-23-42(34)49(43(35)27-38(33)45)29-16-10-9-11-17-29)50-41-21-15-13-19-32(41)36-26-39-40(28-44(36)50)47(5,6)48(7,8)46(39,3)4;1-29-22-30(2)24-34(23-29)49-43-21-19-32(26-37(43)38-27-39-40(28-44(38)49)46(5,6)47(7,8)45(39,3)4)31-18-20-42-36(25-31)35-16-12-13-17-41(35)48(42)33-14-10-9-11-15-33/h2*9-28H,1-8H3;9-28H,1-8H3. The zero-order chi connectivity index (χ0) is 103. The molecule has 5 aliphatic rings. The van der Waals surface area contributed by atoms with Crippen molar-refractivity contribution in [2.45, 2.75) is 209 Å². The first-order chi connectivity index (χ1) is 71.1. The molecular formula is C143H132N6. The van der Waals surface area contributed by atoms with E-state index >= 15 is 0 Å². The highest BCUT2D eigenvalue weighted by Gasteiger charge is 2.60. The molecule has 0 fully saturated rings. The molecule has 6 aromatic heterocycles. The van der Waals surface area contributed by atoms with Crippen LogP contribution in [0.1, 0.15) is 219 Å². The number of aryl methyl sites for hydroxylation is 2. The zero-order valence-electron chi connectivity index (χ0n) is 90.8. The van der Waals surface area contributed by atoms with E-state index in [-0.39, 0.29) is 59.6 Å². The average Bonchev–Trinajstić information content (AvgIpc) is 1.54. The number of fused-ring (bicyclic) bond motifs is 28. The molecular weight excluding hydrogens is 1800 g/mol. The highest BCUT2D eigenvalue weighted by molar-refractivity contribution is 6.19. The molecule has 0 amide bonds. The van der Waals surface area contributed by atoms with Gasteiger partial charge in [-0.15, -0.1) is 0 Å². The second kappa shape index (κ2) is 31.0. The highest BCUT2D eigenvalue weighted by Crippen LogP contribution is 2.67. The smallest absolute Gasteiger partial charge is 0.0544 e. The molecule has 0 radical (unpaired) electrons. The van der Waals surface area contributed by atoms with E-state index in [4.69, 9.17) is 0 Å². The van der Waals surface area contributed by atoms with Crippen LogP contribution in [0.4, 0.5) is 0 Å². The molecule has 149 heavy (non-hydrogen) atoms. The molecule has 0 spiro atoms. The van der Waals surface area contributed by atoms with Crippen molar-refractivity contribution in [2.75, 3.05) is 0 Å². The Morgan fingerprint density at radius 1 is 0.154 bits per heavy atom. The molecule has 0 N–H and O–H groups in total. The summed E-state index contributed by atoms with van der Waals surface area (Å²) >= 11 is 0. The van der Waals surface area contributed by atoms with Crippen LogP contribution in [0.2, 0.25) is 0 Å². The topological polar surface area (TPSA) is 29.6 Å². The summed E-state index contributed by atoms with van der Waals surface area (Å²) in [5.74, 6) is 0. The van der Waals surface area contributed by atoms with Gasteiger partial charge in [-0.05, 0) is 345 Å². The monoisotopic (exact) mass is 1930 g/mol. The second-order valence-electron chi connectivity index (χ2n) is 50.3. The lowest BCUT2D eigenvalue weighted by Crippen LogP contribution is -2.42. The molecule has 29 rings (SSSR count). The lowest BCUT2D eigenvalue weighted by molar-refractivity contribution is 0.125. The summed E-state index contributed by atoms with van der Waals surface area (Å²) in [6.45, 7) is 58.0. The van der Waals surface area contributed by atoms with Crippen molar-refractivity contribution in [3.8, 4) is 67.5 Å². The van der Waals surface area contributed by atoms with Crippen molar-refractivity contribution in [3.05, 3.63) is 431 Å². The molecule has 0 saturated carbocycles. The number of hydrogen-bond acceptors (Lipinski definition) is 0. The Morgan fingerprint density at radius 2 is 0.436 bits per heavy atom. The quantitative estimate of drug-likeness (QED) is 0.152. The third kappa shape index (κ3) is 12.2. The van der Waals surface area contributed by atoms with Crippen LogP contribution >= 0.6 is 0 Å². The summed E-state index contributed by atoms with van der Waals surface area (Å²) in [5, 5.41) is 15.7. The predicted molar refractivity (Wildman–Crippen MR) is 635 cm³/mol. The summed E-state index contributed by atoms with van der Waals surface area (Å²) in [6, 6.07) is 137. The summed E-state index contributed by atoms with van der Waals surface area (Å²) in [5.41, 5.74) is 47.6. The van der Waals surface area contributed by atoms with Gasteiger partial charge in [0.25, 0.3) is 0 Å². The van der Waals surface area contributed by atoms with Crippen molar-refractivity contribution in [1.29, 1.82) is 0 Å². The van der Waals surface area contributed by atoms with Gasteiger partial charge in [0.1, 0.15) is 0 Å². The Morgan fingerprint density at radius 3 is 0.866 bits per heavy atom. The zero-order valence-corrected chi connectivity index (χ0v) is 90.8. The van der Waals surface area contributed by atoms with Gasteiger partial charge in [-0.1, -0.05) is 334 Å². The van der Waals surface area contributed by atoms with Crippen molar-refractivity contribution >= 4 is 131 Å². The minimum Gasteiger partial charge on any atom is -0.309 e. The minimum absolute atomic E-state index is 0.00218. The fourth-order valence-electron chi connectivity index (χ4n) is 29.2. The minimum atomic E-state index is -0.0661. The van der Waals surface area contributed by atoms with Gasteiger partial charge in [0.2, 0.25) is 0 Å². The first kappa shape index (κ1) is 92.4. The van der Waals surface area contributed by atoms with E-state index in [0.717, 1.165) is 0 Å². The summed E-state index contributed by atoms with van der Waals surface area (Å²) < 4.78 is 14.9.